The topological polar surface area (TPSA) is 93.4 Å². The summed E-state index contributed by atoms with van der Waals surface area (Å²) >= 11 is 12.5. The summed E-state index contributed by atoms with van der Waals surface area (Å²) < 4.78 is 24.1. The normalized spacial score (nSPS) is 13.7. The molecular formula is C37H34Cl2FN3O4. The molecule has 1 aliphatic carbocycles. The van der Waals surface area contributed by atoms with E-state index in [4.69, 9.17) is 32.9 Å². The Bertz CT molecular complexity index is 1980. The Hall–Kier alpha value is -4.40. The highest BCUT2D eigenvalue weighted by molar-refractivity contribution is 6.42. The van der Waals surface area contributed by atoms with E-state index in [0.717, 1.165) is 48.7 Å². The van der Waals surface area contributed by atoms with Gasteiger partial charge in [-0.15, -0.1) is 0 Å². The summed E-state index contributed by atoms with van der Waals surface area (Å²) in [5.74, 6) is -1.00. The number of benzene rings is 4. The fourth-order valence-corrected chi connectivity index (χ4v) is 6.50. The molecule has 4 aromatic carbocycles. The summed E-state index contributed by atoms with van der Waals surface area (Å²) in [6, 6.07) is 20.3. The van der Waals surface area contributed by atoms with Gasteiger partial charge in [0.15, 0.2) is 0 Å². The number of carbonyl (C=O) groups is 2. The van der Waals surface area contributed by atoms with Crippen molar-refractivity contribution in [1.82, 2.24) is 14.9 Å². The molecule has 242 valence electrons. The van der Waals surface area contributed by atoms with E-state index in [9.17, 15) is 14.7 Å². The molecule has 0 aliphatic heterocycles. The van der Waals surface area contributed by atoms with Crippen molar-refractivity contribution in [2.75, 3.05) is 0 Å². The molecule has 1 amide bonds. The van der Waals surface area contributed by atoms with Gasteiger partial charge in [-0.3, -0.25) is 4.79 Å². The van der Waals surface area contributed by atoms with Crippen molar-refractivity contribution < 1.29 is 23.8 Å². The van der Waals surface area contributed by atoms with Gasteiger partial charge >= 0.3 is 5.97 Å². The van der Waals surface area contributed by atoms with Gasteiger partial charge in [-0.1, -0.05) is 54.6 Å². The third-order valence-electron chi connectivity index (χ3n) is 8.47. The first-order chi connectivity index (χ1) is 22.6. The van der Waals surface area contributed by atoms with Gasteiger partial charge in [0.05, 0.1) is 32.2 Å². The van der Waals surface area contributed by atoms with Crippen LogP contribution in [-0.2, 0) is 6.61 Å². The Balaban J connectivity index is 1.33. The molecule has 5 aromatic rings. The number of carbonyl (C=O) groups excluding carboxylic acids is 1. The molecule has 0 unspecified atom stereocenters. The van der Waals surface area contributed by atoms with Gasteiger partial charge in [-0.2, -0.15) is 0 Å². The Kier molecular flexibility index (Phi) is 9.52. The molecule has 1 heterocycles. The summed E-state index contributed by atoms with van der Waals surface area (Å²) in [6.07, 6.45) is 5.17. The van der Waals surface area contributed by atoms with Crippen LogP contribution in [0.3, 0.4) is 0 Å². The number of aromatic nitrogens is 2. The predicted molar refractivity (Wildman–Crippen MR) is 183 cm³/mol. The van der Waals surface area contributed by atoms with Gasteiger partial charge in [0.1, 0.15) is 24.0 Å². The van der Waals surface area contributed by atoms with Crippen LogP contribution < -0.4 is 10.1 Å². The van der Waals surface area contributed by atoms with Gasteiger partial charge in [0.25, 0.3) is 5.91 Å². The minimum atomic E-state index is -1.04. The van der Waals surface area contributed by atoms with Crippen LogP contribution in [0.2, 0.25) is 10.0 Å². The Morgan fingerprint density at radius 1 is 0.936 bits per heavy atom. The maximum Gasteiger partial charge on any atom is 0.335 e. The molecule has 6 rings (SSSR count). The fourth-order valence-electron chi connectivity index (χ4n) is 6.20. The Morgan fingerprint density at radius 2 is 1.68 bits per heavy atom. The number of rotatable bonds is 9. The molecule has 0 bridgehead atoms. The molecule has 1 aliphatic rings. The van der Waals surface area contributed by atoms with Crippen LogP contribution in [0, 0.1) is 5.82 Å². The lowest BCUT2D eigenvalue weighted by molar-refractivity contribution is 0.0696. The molecule has 1 saturated carbocycles. The smallest absolute Gasteiger partial charge is 0.335 e. The molecule has 0 spiro atoms. The minimum absolute atomic E-state index is 0.0380. The monoisotopic (exact) mass is 673 g/mol. The van der Waals surface area contributed by atoms with Crippen LogP contribution in [0.15, 0.2) is 72.8 Å². The second kappa shape index (κ2) is 13.8. The molecule has 1 fully saturated rings. The second-order valence-corrected chi connectivity index (χ2v) is 13.0. The lowest BCUT2D eigenvalue weighted by Gasteiger charge is -2.25. The first-order valence-corrected chi connectivity index (χ1v) is 16.4. The fraction of sp³-hybridized carbons (Fsp3) is 0.270. The molecule has 2 N–H and O–H groups in total. The third-order valence-corrected chi connectivity index (χ3v) is 9.21. The maximum absolute atomic E-state index is 16.0. The van der Waals surface area contributed by atoms with Gasteiger partial charge < -0.3 is 19.7 Å². The SMILES string of the molecule is CC(C)NC(=O)c1ccc(-c2ccc(Cl)c(Cl)c2)c(COc2ccc(-c3nc4cc(C(=O)O)ccc4n3C3CCCCC3)c(F)c2)c1. The average molecular weight is 675 g/mol. The van der Waals surface area contributed by atoms with E-state index in [1.165, 1.54) is 12.1 Å². The largest absolute Gasteiger partial charge is 0.489 e. The third kappa shape index (κ3) is 6.99. The molecule has 0 atom stereocenters. The van der Waals surface area contributed by atoms with Gasteiger partial charge in [-0.05, 0) is 98.0 Å². The molecule has 47 heavy (non-hydrogen) atoms. The minimum Gasteiger partial charge on any atom is -0.489 e. The number of hydrogen-bond acceptors (Lipinski definition) is 4. The zero-order valence-corrected chi connectivity index (χ0v) is 27.5. The Labute approximate surface area is 282 Å². The van der Waals surface area contributed by atoms with Crippen molar-refractivity contribution in [3.63, 3.8) is 0 Å². The van der Waals surface area contributed by atoms with E-state index >= 15 is 4.39 Å². The highest BCUT2D eigenvalue weighted by Gasteiger charge is 2.25. The number of imidazole rings is 1. The number of halogens is 3. The van der Waals surface area contributed by atoms with Crippen molar-refractivity contribution >= 4 is 46.1 Å². The van der Waals surface area contributed by atoms with Crippen LogP contribution in [0.1, 0.15) is 78.3 Å². The van der Waals surface area contributed by atoms with E-state index in [2.05, 4.69) is 9.88 Å². The quantitative estimate of drug-likeness (QED) is 0.162. The molecule has 0 radical (unpaired) electrons. The second-order valence-electron chi connectivity index (χ2n) is 12.2. The van der Waals surface area contributed by atoms with E-state index in [1.54, 1.807) is 48.5 Å². The number of fused-ring (bicyclic) bond motifs is 1. The van der Waals surface area contributed by atoms with Crippen LogP contribution in [0.4, 0.5) is 4.39 Å². The van der Waals surface area contributed by atoms with Crippen LogP contribution >= 0.6 is 23.2 Å². The van der Waals surface area contributed by atoms with Gasteiger partial charge in [0, 0.05) is 23.7 Å². The van der Waals surface area contributed by atoms with E-state index in [-0.39, 0.29) is 30.2 Å². The number of ether oxygens (including phenoxy) is 1. The van der Waals surface area contributed by atoms with Crippen LogP contribution in [0.5, 0.6) is 5.75 Å². The highest BCUT2D eigenvalue weighted by atomic mass is 35.5. The number of amides is 1. The van der Waals surface area contributed by atoms with E-state index in [0.29, 0.717) is 43.8 Å². The first-order valence-electron chi connectivity index (χ1n) is 15.7. The number of nitrogens with zero attached hydrogens (tertiary/aromatic N) is 2. The van der Waals surface area contributed by atoms with Crippen molar-refractivity contribution in [2.45, 2.75) is 64.6 Å². The van der Waals surface area contributed by atoms with E-state index in [1.807, 2.05) is 26.0 Å². The number of carboxylic acids is 1. The number of nitrogens with one attached hydrogen (secondary N) is 1. The molecule has 10 heteroatoms. The zero-order chi connectivity index (χ0) is 33.2. The molecule has 7 nitrogen and oxygen atoms in total. The van der Waals surface area contributed by atoms with Crippen molar-refractivity contribution in [2.24, 2.45) is 0 Å². The standard InChI is InChI=1S/C37H34Cl2FN3O4/c1-21(2)41-36(44)23-8-12-28(22-9-14-30(38)31(39)17-22)25(16-23)20-47-27-11-13-29(32(40)19-27)35-42-33-18-24(37(45)46)10-15-34(33)43(35)26-6-4-3-5-7-26/h8-19,21,26H,3-7,20H2,1-2H3,(H,41,44)(H,45,46). The van der Waals surface area contributed by atoms with Crippen molar-refractivity contribution in [1.29, 1.82) is 0 Å². The number of carboxylic acid groups (broad SMARTS) is 1. The Morgan fingerprint density at radius 3 is 2.38 bits per heavy atom. The van der Waals surface area contributed by atoms with Crippen molar-refractivity contribution in [3.05, 3.63) is 105 Å². The lowest BCUT2D eigenvalue weighted by atomic mass is 9.94. The number of aromatic carboxylic acids is 1. The molecular weight excluding hydrogens is 640 g/mol. The van der Waals surface area contributed by atoms with E-state index < -0.39 is 11.8 Å². The number of hydrogen-bond donors (Lipinski definition) is 2. The predicted octanol–water partition coefficient (Wildman–Crippen LogP) is 9.74. The molecule has 1 aromatic heterocycles. The maximum atomic E-state index is 16.0. The molecule has 0 saturated heterocycles. The summed E-state index contributed by atoms with van der Waals surface area (Å²) in [5, 5.41) is 13.3. The summed E-state index contributed by atoms with van der Waals surface area (Å²) in [6.45, 7) is 3.83. The zero-order valence-electron chi connectivity index (χ0n) is 26.0. The summed E-state index contributed by atoms with van der Waals surface area (Å²) in [4.78, 5) is 29.2. The summed E-state index contributed by atoms with van der Waals surface area (Å²) in [5.41, 5.74) is 4.50. The van der Waals surface area contributed by atoms with Crippen molar-refractivity contribution in [3.8, 4) is 28.3 Å². The highest BCUT2D eigenvalue weighted by Crippen LogP contribution is 2.38. The lowest BCUT2D eigenvalue weighted by Crippen LogP contribution is -2.30. The van der Waals surface area contributed by atoms with Gasteiger partial charge in [0.2, 0.25) is 0 Å². The first kappa shape index (κ1) is 32.5. The van der Waals surface area contributed by atoms with Gasteiger partial charge in [-0.25, -0.2) is 14.2 Å². The average Bonchev–Trinajstić information content (AvgIpc) is 3.43. The van der Waals surface area contributed by atoms with Crippen LogP contribution in [-0.4, -0.2) is 32.6 Å². The van der Waals surface area contributed by atoms with Crippen LogP contribution in [0.25, 0.3) is 33.5 Å². The summed E-state index contributed by atoms with van der Waals surface area (Å²) in [7, 11) is 0.